The Bertz CT molecular complexity index is 1710. The standard InChI is InChI=1S/C29H25ClFN7O/c1-17-16-38(28-22(14-33)29(39)36(3)24-11-10-21(13-32)35-26(24)28)18(2)15-37(17)27(19-6-8-20(30)9-7-19)25-23(31)5-4-12-34-25/h4-12,17-18,27H,15-16H2,1-3H3/t17-,18+,27?/m1/s1. The molecule has 0 bridgehead atoms. The van der Waals surface area contributed by atoms with E-state index in [0.717, 1.165) is 5.56 Å². The van der Waals surface area contributed by atoms with E-state index in [4.69, 9.17) is 11.6 Å². The number of benzene rings is 1. The van der Waals surface area contributed by atoms with Gasteiger partial charge in [-0.1, -0.05) is 23.7 Å². The number of piperazine rings is 1. The van der Waals surface area contributed by atoms with E-state index in [9.17, 15) is 15.3 Å². The number of nitrogens with zero attached hydrogens (tertiary/aromatic N) is 7. The Morgan fingerprint density at radius 1 is 1.05 bits per heavy atom. The van der Waals surface area contributed by atoms with Crippen LogP contribution in [0.3, 0.4) is 0 Å². The highest BCUT2D eigenvalue weighted by Crippen LogP contribution is 2.37. The second-order valence-corrected chi connectivity index (χ2v) is 10.2. The average Bonchev–Trinajstić information content (AvgIpc) is 2.94. The zero-order chi connectivity index (χ0) is 27.8. The molecule has 3 atom stereocenters. The third-order valence-corrected chi connectivity index (χ3v) is 7.58. The van der Waals surface area contributed by atoms with Gasteiger partial charge in [-0.15, -0.1) is 0 Å². The minimum absolute atomic E-state index is 0.0230. The van der Waals surface area contributed by atoms with Crippen LogP contribution in [-0.4, -0.2) is 44.6 Å². The van der Waals surface area contributed by atoms with E-state index < -0.39 is 17.4 Å². The summed E-state index contributed by atoms with van der Waals surface area (Å²) in [5.41, 5.74) is 2.27. The summed E-state index contributed by atoms with van der Waals surface area (Å²) < 4.78 is 16.5. The first-order valence-electron chi connectivity index (χ1n) is 12.5. The zero-order valence-corrected chi connectivity index (χ0v) is 22.4. The number of halogens is 2. The Hall–Kier alpha value is -4.31. The molecule has 0 amide bonds. The minimum Gasteiger partial charge on any atom is -0.363 e. The Balaban J connectivity index is 1.62. The van der Waals surface area contributed by atoms with Gasteiger partial charge in [0.1, 0.15) is 34.7 Å². The van der Waals surface area contributed by atoms with E-state index in [2.05, 4.69) is 20.9 Å². The number of hydrogen-bond donors (Lipinski definition) is 0. The average molecular weight is 542 g/mol. The summed E-state index contributed by atoms with van der Waals surface area (Å²) in [6, 6.07) is 16.8. The molecule has 0 radical (unpaired) electrons. The van der Waals surface area contributed by atoms with Crippen molar-refractivity contribution in [3.05, 3.63) is 98.4 Å². The van der Waals surface area contributed by atoms with Gasteiger partial charge in [-0.2, -0.15) is 10.5 Å². The molecule has 3 aromatic heterocycles. The van der Waals surface area contributed by atoms with Crippen LogP contribution in [0.2, 0.25) is 5.02 Å². The van der Waals surface area contributed by atoms with Gasteiger partial charge in [0, 0.05) is 43.4 Å². The van der Waals surface area contributed by atoms with E-state index in [1.807, 2.05) is 36.9 Å². The Morgan fingerprint density at radius 2 is 1.79 bits per heavy atom. The number of anilines is 1. The van der Waals surface area contributed by atoms with Crippen LogP contribution < -0.4 is 10.5 Å². The first kappa shape index (κ1) is 26.3. The summed E-state index contributed by atoms with van der Waals surface area (Å²) in [6.45, 7) is 4.91. The second-order valence-electron chi connectivity index (χ2n) is 9.75. The van der Waals surface area contributed by atoms with Crippen molar-refractivity contribution in [2.75, 3.05) is 18.0 Å². The van der Waals surface area contributed by atoms with Gasteiger partial charge in [0.05, 0.1) is 22.9 Å². The van der Waals surface area contributed by atoms with Crippen LogP contribution in [0.5, 0.6) is 0 Å². The Kier molecular flexibility index (Phi) is 7.05. The normalized spacial score (nSPS) is 18.5. The summed E-state index contributed by atoms with van der Waals surface area (Å²) in [4.78, 5) is 26.3. The van der Waals surface area contributed by atoms with Crippen LogP contribution in [-0.2, 0) is 7.05 Å². The summed E-state index contributed by atoms with van der Waals surface area (Å²) in [5, 5.41) is 20.1. The van der Waals surface area contributed by atoms with E-state index in [1.165, 1.54) is 10.6 Å². The number of aromatic nitrogens is 3. The molecular formula is C29H25ClFN7O. The summed E-state index contributed by atoms with van der Waals surface area (Å²) in [6.07, 6.45) is 1.58. The van der Waals surface area contributed by atoms with E-state index in [1.54, 1.807) is 43.6 Å². The molecule has 1 fully saturated rings. The second kappa shape index (κ2) is 10.5. The summed E-state index contributed by atoms with van der Waals surface area (Å²) in [5.74, 6) is -0.405. The van der Waals surface area contributed by atoms with Crippen molar-refractivity contribution >= 4 is 28.3 Å². The number of nitriles is 2. The van der Waals surface area contributed by atoms with Crippen LogP contribution in [0.25, 0.3) is 11.0 Å². The van der Waals surface area contributed by atoms with Gasteiger partial charge in [-0.05, 0) is 55.8 Å². The highest BCUT2D eigenvalue weighted by atomic mass is 35.5. The molecule has 4 heterocycles. The van der Waals surface area contributed by atoms with Gasteiger partial charge < -0.3 is 9.47 Å². The molecule has 0 aliphatic carbocycles. The van der Waals surface area contributed by atoms with Crippen molar-refractivity contribution < 1.29 is 4.39 Å². The lowest BCUT2D eigenvalue weighted by Gasteiger charge is -2.48. The van der Waals surface area contributed by atoms with Crippen molar-refractivity contribution in [2.24, 2.45) is 7.05 Å². The number of fused-ring (bicyclic) bond motifs is 1. The van der Waals surface area contributed by atoms with Crippen molar-refractivity contribution in [3.63, 3.8) is 0 Å². The molecule has 39 heavy (non-hydrogen) atoms. The highest BCUT2D eigenvalue weighted by Gasteiger charge is 2.38. The van der Waals surface area contributed by atoms with E-state index in [0.29, 0.717) is 40.5 Å². The SMILES string of the molecule is C[C@@H]1CN(c2c(C#N)c(=O)n(C)c3ccc(C#N)nc23)[C@@H](C)CN1C(c1ccc(Cl)cc1)c1ncccc1F. The smallest absolute Gasteiger partial charge is 0.270 e. The number of pyridine rings is 3. The molecule has 1 aromatic carbocycles. The van der Waals surface area contributed by atoms with Crippen molar-refractivity contribution in [1.29, 1.82) is 10.5 Å². The lowest BCUT2D eigenvalue weighted by Crippen LogP contribution is -2.58. The molecule has 1 saturated heterocycles. The molecule has 10 heteroatoms. The largest absolute Gasteiger partial charge is 0.363 e. The van der Waals surface area contributed by atoms with Crippen LogP contribution in [0.1, 0.15) is 42.4 Å². The third-order valence-electron chi connectivity index (χ3n) is 7.33. The van der Waals surface area contributed by atoms with Gasteiger partial charge in [-0.3, -0.25) is 14.7 Å². The van der Waals surface area contributed by atoms with Crippen LogP contribution >= 0.6 is 11.6 Å². The van der Waals surface area contributed by atoms with Crippen LogP contribution in [0, 0.1) is 28.5 Å². The molecular weight excluding hydrogens is 517 g/mol. The first-order valence-corrected chi connectivity index (χ1v) is 12.8. The van der Waals surface area contributed by atoms with Gasteiger partial charge >= 0.3 is 0 Å². The van der Waals surface area contributed by atoms with Crippen molar-refractivity contribution in [3.8, 4) is 12.1 Å². The van der Waals surface area contributed by atoms with Crippen molar-refractivity contribution in [2.45, 2.75) is 32.0 Å². The molecule has 0 saturated carbocycles. The first-order chi connectivity index (χ1) is 18.7. The number of aryl methyl sites for hydroxylation is 1. The highest BCUT2D eigenvalue weighted by molar-refractivity contribution is 6.30. The fraction of sp³-hybridized carbons (Fsp3) is 0.276. The van der Waals surface area contributed by atoms with E-state index >= 15 is 4.39 Å². The van der Waals surface area contributed by atoms with Gasteiger partial charge in [0.25, 0.3) is 5.56 Å². The van der Waals surface area contributed by atoms with Crippen LogP contribution in [0.4, 0.5) is 10.1 Å². The molecule has 8 nitrogen and oxygen atoms in total. The predicted octanol–water partition coefficient (Wildman–Crippen LogP) is 4.55. The zero-order valence-electron chi connectivity index (χ0n) is 21.6. The van der Waals surface area contributed by atoms with Gasteiger partial charge in [0.15, 0.2) is 0 Å². The van der Waals surface area contributed by atoms with Crippen LogP contribution in [0.15, 0.2) is 59.5 Å². The quantitative estimate of drug-likeness (QED) is 0.373. The molecule has 0 spiro atoms. The Morgan fingerprint density at radius 3 is 2.46 bits per heavy atom. The third kappa shape index (κ3) is 4.61. The summed E-state index contributed by atoms with van der Waals surface area (Å²) in [7, 11) is 1.59. The maximum Gasteiger partial charge on any atom is 0.270 e. The monoisotopic (exact) mass is 541 g/mol. The topological polar surface area (TPSA) is 102 Å². The fourth-order valence-electron chi connectivity index (χ4n) is 5.41. The van der Waals surface area contributed by atoms with Gasteiger partial charge in [-0.25, -0.2) is 9.37 Å². The number of rotatable bonds is 4. The lowest BCUT2D eigenvalue weighted by atomic mass is 9.95. The van der Waals surface area contributed by atoms with Crippen molar-refractivity contribution in [1.82, 2.24) is 19.4 Å². The molecule has 1 unspecified atom stereocenters. The Labute approximate surface area is 230 Å². The molecule has 1 aliphatic heterocycles. The van der Waals surface area contributed by atoms with Gasteiger partial charge in [0.2, 0.25) is 0 Å². The maximum atomic E-state index is 15.1. The summed E-state index contributed by atoms with van der Waals surface area (Å²) >= 11 is 6.15. The van der Waals surface area contributed by atoms with E-state index in [-0.39, 0.29) is 23.3 Å². The molecule has 0 N–H and O–H groups in total. The molecule has 5 rings (SSSR count). The molecule has 4 aromatic rings. The minimum atomic E-state index is -0.484. The lowest BCUT2D eigenvalue weighted by molar-refractivity contribution is 0.125. The molecule has 1 aliphatic rings. The maximum absolute atomic E-state index is 15.1. The fourth-order valence-corrected chi connectivity index (χ4v) is 5.54. The number of hydrogen-bond acceptors (Lipinski definition) is 7. The molecule has 196 valence electrons. The predicted molar refractivity (Wildman–Crippen MR) is 147 cm³/mol.